The lowest BCUT2D eigenvalue weighted by Crippen LogP contribution is -2.50. The lowest BCUT2D eigenvalue weighted by molar-refractivity contribution is 0.00578. The fraction of sp³-hybridized carbons (Fsp3) is 0.477. The molecule has 30 nitrogen and oxygen atoms in total. The van der Waals surface area contributed by atoms with Crippen molar-refractivity contribution in [1.29, 1.82) is 0 Å². The van der Waals surface area contributed by atoms with E-state index in [2.05, 4.69) is 119 Å². The van der Waals surface area contributed by atoms with Gasteiger partial charge in [-0.05, 0) is 163 Å². The number of aromatic amines is 1. The van der Waals surface area contributed by atoms with Crippen molar-refractivity contribution < 1.29 is 47.4 Å². The number of carbonyl (C=O) groups excluding carboxylic acids is 3. The molecule has 0 spiro atoms. The van der Waals surface area contributed by atoms with E-state index in [-0.39, 0.29) is 29.5 Å². The number of hydrogen-bond acceptors (Lipinski definition) is 24. The Bertz CT molecular complexity index is 5610. The summed E-state index contributed by atoms with van der Waals surface area (Å²) < 4.78 is 44.8. The Morgan fingerprint density at radius 3 is 1.28 bits per heavy atom. The fourth-order valence-corrected chi connectivity index (χ4v) is 15.7. The van der Waals surface area contributed by atoms with Crippen LogP contribution < -0.4 is 20.2 Å². The minimum absolute atomic E-state index is 0.254. The van der Waals surface area contributed by atoms with Gasteiger partial charge in [-0.3, -0.25) is 15.0 Å². The standard InChI is InChI=1S/C29H39N7O3Si.C23H25N7O2.C20H32BN3O4.C16H20ClN3OSi/c1-29(2,3)39-28(37)35-13-11-34(12-14-35)27-31-17-21(18-32-27)24-8-7-22-23-19-30-10-9-25(23)36(26(22)33-24)20-38-15-16-40(4,5)6;1-23(2,3)32-22(31)30-10-8-29(9-11-30)21-25-12-15(13-26-21)18-5-4-16-17-14-24-7-6-19(17)28-20(16)27-18;1-18(2,3)26-17(25)24-12-10-23(11-13-24)16-9-8-15(14-22-16)21-27-19(4,5)20(6,7)28-21;1-22(2,3)9-8-21-11-20-14-6-7-18-10-13(14)12-4-5-15(17)19-16(12)20/h7-10,17-19H,11-16,20H2,1-6H3;4-7,12-14H,8-11H2,1-3H3,(H,27,28);8-9,14H,10-13H2,1-7H3;4-7,10H,8-9,11H2,1-3H3. The van der Waals surface area contributed by atoms with E-state index in [4.69, 9.17) is 54.6 Å². The number of H-pyrrole nitrogens is 1. The third-order valence-electron chi connectivity index (χ3n) is 21.5. The van der Waals surface area contributed by atoms with E-state index in [1.165, 1.54) is 0 Å². The van der Waals surface area contributed by atoms with E-state index in [1.54, 1.807) is 45.7 Å². The Hall–Kier alpha value is -10.6. The molecule has 0 aromatic carbocycles. The van der Waals surface area contributed by atoms with E-state index >= 15 is 0 Å². The molecule has 4 saturated heterocycles. The summed E-state index contributed by atoms with van der Waals surface area (Å²) in [6.45, 7) is 49.2. The average Bonchev–Trinajstić information content (AvgIpc) is 1.62. The molecule has 3 amide bonds. The first-order valence-electron chi connectivity index (χ1n) is 41.8. The third-order valence-corrected chi connectivity index (χ3v) is 25.1. The minimum atomic E-state index is -1.17. The van der Waals surface area contributed by atoms with Crippen LogP contribution in [0.3, 0.4) is 0 Å². The molecule has 0 saturated carbocycles. The molecule has 0 atom stereocenters. The fourth-order valence-electron chi connectivity index (χ4n) is 14.1. The molecule has 4 aliphatic heterocycles. The third kappa shape index (κ3) is 22.5. The molecule has 646 valence electrons. The van der Waals surface area contributed by atoms with Gasteiger partial charge < -0.3 is 76.5 Å². The van der Waals surface area contributed by atoms with Gasteiger partial charge in [-0.1, -0.05) is 56.9 Å². The molecule has 4 fully saturated rings. The first-order valence-corrected chi connectivity index (χ1v) is 49.6. The van der Waals surface area contributed by atoms with Crippen molar-refractivity contribution in [2.75, 3.05) is 106 Å². The van der Waals surface area contributed by atoms with Crippen molar-refractivity contribution in [3.8, 4) is 22.5 Å². The zero-order chi connectivity index (χ0) is 87.3. The summed E-state index contributed by atoms with van der Waals surface area (Å²) in [7, 11) is -2.66. The number of pyridine rings is 7. The number of anilines is 3. The van der Waals surface area contributed by atoms with Gasteiger partial charge in [-0.2, -0.15) is 0 Å². The summed E-state index contributed by atoms with van der Waals surface area (Å²) in [6.07, 6.45) is 19.2. The van der Waals surface area contributed by atoms with Gasteiger partial charge in [-0.15, -0.1) is 0 Å². The Morgan fingerprint density at radius 1 is 0.451 bits per heavy atom. The SMILES string of the molecule is CC(C)(C)OC(=O)N1CCN(c2ccc(B3OC(C)(C)C(C)(C)O3)cn2)CC1.CC(C)(C)OC(=O)N1CCN(c2ncc(-c3ccc4c(n3)[nH]c3ccncc34)cn2)CC1.CC(C)(C)OC(=O)N1CCN(c2ncc(-c3ccc4c5cnccc5n(COCC[Si](C)(C)C)c4n3)cn2)CC1.C[Si](C)(C)CCOCn1c2ccncc2c2ccc(Cl)nc21. The second kappa shape index (κ2) is 36.9. The van der Waals surface area contributed by atoms with Crippen LogP contribution in [0.25, 0.3) is 88.3 Å². The van der Waals surface area contributed by atoms with E-state index < -0.39 is 40.1 Å². The number of hydrogen-bond donors (Lipinski definition) is 1. The second-order valence-corrected chi connectivity index (χ2v) is 49.1. The van der Waals surface area contributed by atoms with Crippen molar-refractivity contribution in [3.63, 3.8) is 0 Å². The zero-order valence-corrected chi connectivity index (χ0v) is 76.7. The molecule has 0 bridgehead atoms. The zero-order valence-electron chi connectivity index (χ0n) is 74.0. The highest BCUT2D eigenvalue weighted by molar-refractivity contribution is 6.76. The Kier molecular flexibility index (Phi) is 27.0. The van der Waals surface area contributed by atoms with Crippen LogP contribution in [-0.2, 0) is 46.5 Å². The van der Waals surface area contributed by atoms with E-state index in [9.17, 15) is 14.4 Å². The molecule has 4 aliphatic rings. The molecule has 0 unspecified atom stereocenters. The first-order chi connectivity index (χ1) is 57.7. The van der Waals surface area contributed by atoms with Gasteiger partial charge in [0.2, 0.25) is 11.9 Å². The summed E-state index contributed by atoms with van der Waals surface area (Å²) >= 11 is 6.06. The Balaban J connectivity index is 0.000000143. The molecule has 0 aliphatic carbocycles. The van der Waals surface area contributed by atoms with Crippen LogP contribution in [0.4, 0.5) is 32.1 Å². The van der Waals surface area contributed by atoms with E-state index in [0.29, 0.717) is 96.0 Å². The smallest absolute Gasteiger partial charge is 0.444 e. The Labute approximate surface area is 720 Å². The van der Waals surface area contributed by atoms with Crippen molar-refractivity contribution in [1.82, 2.24) is 83.6 Å². The van der Waals surface area contributed by atoms with Gasteiger partial charge >= 0.3 is 25.4 Å². The molecule has 1 N–H and O–H groups in total. The topological polar surface area (TPSA) is 303 Å². The molecule has 16 heterocycles. The molecule has 34 heteroatoms. The van der Waals surface area contributed by atoms with Crippen LogP contribution in [0.15, 0.2) is 135 Å². The number of nitrogens with one attached hydrogen (secondary N) is 1. The van der Waals surface area contributed by atoms with Crippen LogP contribution in [0, 0.1) is 0 Å². The van der Waals surface area contributed by atoms with Gasteiger partial charge in [0, 0.05) is 225 Å². The monoisotopic (exact) mass is 1710 g/mol. The molecule has 12 aromatic rings. The van der Waals surface area contributed by atoms with Crippen molar-refractivity contribution in [2.24, 2.45) is 0 Å². The highest BCUT2D eigenvalue weighted by atomic mass is 35.5. The maximum atomic E-state index is 12.4. The largest absolute Gasteiger partial charge is 0.496 e. The molecule has 12 aromatic heterocycles. The molecule has 122 heavy (non-hydrogen) atoms. The van der Waals surface area contributed by atoms with Crippen molar-refractivity contribution in [3.05, 3.63) is 140 Å². The normalized spacial score (nSPS) is 16.0. The van der Waals surface area contributed by atoms with Gasteiger partial charge in [0.25, 0.3) is 0 Å². The van der Waals surface area contributed by atoms with Crippen LogP contribution in [0.1, 0.15) is 90.0 Å². The predicted octanol–water partition coefficient (Wildman–Crippen LogP) is 16.0. The molecule has 0 radical (unpaired) electrons. The van der Waals surface area contributed by atoms with Crippen LogP contribution >= 0.6 is 11.6 Å². The lowest BCUT2D eigenvalue weighted by Gasteiger charge is -2.36. The van der Waals surface area contributed by atoms with E-state index in [0.717, 1.165) is 138 Å². The molecular weight excluding hydrogens is 1600 g/mol. The second-order valence-electron chi connectivity index (χ2n) is 37.5. The predicted molar refractivity (Wildman–Crippen MR) is 487 cm³/mol. The van der Waals surface area contributed by atoms with Gasteiger partial charge in [-0.25, -0.2) is 54.3 Å². The highest BCUT2D eigenvalue weighted by Gasteiger charge is 2.52. The van der Waals surface area contributed by atoms with Crippen LogP contribution in [0.5, 0.6) is 0 Å². The van der Waals surface area contributed by atoms with Gasteiger partial charge in [0.05, 0.1) is 39.1 Å². The average molecular weight is 1720 g/mol. The summed E-state index contributed by atoms with van der Waals surface area (Å²) in [5.74, 6) is 2.18. The van der Waals surface area contributed by atoms with Gasteiger partial charge in [0.15, 0.2) is 0 Å². The number of nitrogens with zero attached hydrogens (tertiary/aromatic N) is 19. The number of carbonyl (C=O) groups is 3. The molecule has 16 rings (SSSR count). The van der Waals surface area contributed by atoms with Crippen molar-refractivity contribution in [2.45, 2.75) is 183 Å². The van der Waals surface area contributed by atoms with Crippen molar-refractivity contribution >= 4 is 142 Å². The summed E-state index contributed by atoms with van der Waals surface area (Å²) in [4.78, 5) is 102. The lowest BCUT2D eigenvalue weighted by atomic mass is 9.80. The minimum Gasteiger partial charge on any atom is -0.444 e. The van der Waals surface area contributed by atoms with Crippen LogP contribution in [-0.4, -0.2) is 245 Å². The maximum absolute atomic E-state index is 12.4. The molecular formula is C88H116BClN20O10Si2. The first kappa shape index (κ1) is 89.2. The summed E-state index contributed by atoms with van der Waals surface area (Å²) in [5.41, 5.74) is 7.66. The number of aromatic nitrogens is 14. The number of amides is 3. The number of rotatable bonds is 16. The van der Waals surface area contributed by atoms with Crippen LogP contribution in [0.2, 0.25) is 56.5 Å². The maximum Gasteiger partial charge on any atom is 0.496 e. The number of fused-ring (bicyclic) bond motifs is 9. The quantitative estimate of drug-likeness (QED) is 0.0407. The van der Waals surface area contributed by atoms with Gasteiger partial charge in [0.1, 0.15) is 58.2 Å². The number of halogens is 1. The summed E-state index contributed by atoms with van der Waals surface area (Å²) in [6, 6.07) is 24.1. The Morgan fingerprint density at radius 2 is 0.852 bits per heavy atom. The highest BCUT2D eigenvalue weighted by Crippen LogP contribution is 2.38. The van der Waals surface area contributed by atoms with E-state index in [1.807, 2.05) is 188 Å². The number of piperazine rings is 3. The number of ether oxygens (including phenoxy) is 5. The summed E-state index contributed by atoms with van der Waals surface area (Å²) in [5, 5.41) is 6.82.